The highest BCUT2D eigenvalue weighted by Gasteiger charge is 2.37. The summed E-state index contributed by atoms with van der Waals surface area (Å²) in [6, 6.07) is -0.660. The number of carbonyl (C=O) groups excluding carboxylic acids is 2. The summed E-state index contributed by atoms with van der Waals surface area (Å²) in [6.07, 6.45) is 1.22. The first-order chi connectivity index (χ1) is 16.8. The van der Waals surface area contributed by atoms with E-state index in [0.29, 0.717) is 36.5 Å². The number of aromatic nitrogens is 2. The number of unbranched alkanes of at least 4 members (excludes halogenated alkanes) is 1. The molecule has 1 aliphatic heterocycles. The van der Waals surface area contributed by atoms with Crippen LogP contribution in [-0.4, -0.2) is 70.1 Å². The van der Waals surface area contributed by atoms with Gasteiger partial charge in [0.05, 0.1) is 12.6 Å². The maximum Gasteiger partial charge on any atom is 0.330 e. The average molecular weight is 532 g/mol. The number of hydrogen-bond acceptors (Lipinski definition) is 11. The summed E-state index contributed by atoms with van der Waals surface area (Å²) in [5.41, 5.74) is 8.01. The van der Waals surface area contributed by atoms with Crippen LogP contribution in [0.4, 0.5) is 0 Å². The highest BCUT2D eigenvalue weighted by molar-refractivity contribution is 8.76. The Morgan fingerprint density at radius 3 is 2.63 bits per heavy atom. The lowest BCUT2D eigenvalue weighted by atomic mass is 10.1. The lowest BCUT2D eigenvalue weighted by Gasteiger charge is -2.16. The molecule has 1 aromatic heterocycles. The first-order valence-electron chi connectivity index (χ1n) is 11.0. The Hall–Kier alpha value is -2.45. The number of aliphatic hydroxyl groups is 1. The number of aliphatic hydroxyl groups excluding tert-OH is 1. The van der Waals surface area contributed by atoms with Gasteiger partial charge in [0, 0.05) is 47.4 Å². The topological polar surface area (TPSA) is 186 Å². The van der Waals surface area contributed by atoms with Gasteiger partial charge in [-0.2, -0.15) is 0 Å². The molecule has 13 nitrogen and oxygen atoms in total. The number of nitrogens with zero attached hydrogens (tertiary/aromatic N) is 4. The van der Waals surface area contributed by atoms with Crippen LogP contribution in [0.5, 0.6) is 0 Å². The fourth-order valence-corrected chi connectivity index (χ4v) is 4.82. The Bertz CT molecular complexity index is 1010. The predicted octanol–water partition coefficient (Wildman–Crippen LogP) is 1.83. The molecule has 3 unspecified atom stereocenters. The molecule has 0 aromatic carbocycles. The van der Waals surface area contributed by atoms with Crippen molar-refractivity contribution in [3.63, 3.8) is 0 Å². The van der Waals surface area contributed by atoms with E-state index in [1.165, 1.54) is 32.4 Å². The third-order valence-corrected chi connectivity index (χ3v) is 7.32. The number of aromatic amines is 1. The van der Waals surface area contributed by atoms with Crippen LogP contribution >= 0.6 is 21.6 Å². The van der Waals surface area contributed by atoms with Gasteiger partial charge in [0.1, 0.15) is 25.5 Å². The zero-order valence-corrected chi connectivity index (χ0v) is 20.9. The molecule has 35 heavy (non-hydrogen) atoms. The Morgan fingerprint density at radius 1 is 1.26 bits per heavy atom. The van der Waals surface area contributed by atoms with Crippen LogP contribution in [0, 0.1) is 6.92 Å². The minimum Gasteiger partial charge on any atom is -0.465 e. The van der Waals surface area contributed by atoms with Gasteiger partial charge in [0.15, 0.2) is 0 Å². The van der Waals surface area contributed by atoms with Gasteiger partial charge < -0.3 is 19.3 Å². The zero-order valence-electron chi connectivity index (χ0n) is 19.3. The van der Waals surface area contributed by atoms with Gasteiger partial charge in [-0.05, 0) is 25.3 Å². The quantitative estimate of drug-likeness (QED) is 0.0844. The van der Waals surface area contributed by atoms with Crippen molar-refractivity contribution in [1.29, 1.82) is 0 Å². The van der Waals surface area contributed by atoms with Crippen molar-refractivity contribution in [2.24, 2.45) is 5.11 Å². The SMILES string of the molecule is Cc1cn(C2CC(N=[N+]=[N-])C(COC(=O)CCCCC(=O)OCCSSCCO)O2)c(=O)[nH]c1=O. The molecule has 3 atom stereocenters. The standard InChI is InChI=1S/C20H29N5O8S2/c1-13-11-25(20(30)22-19(13)29)16-10-14(23-24-21)15(33-16)12-32-18(28)5-3-2-4-17(27)31-7-9-35-34-8-6-26/h11,14-16,26H,2-10,12H2,1H3,(H,22,29,30). The number of rotatable bonds is 15. The Morgan fingerprint density at radius 2 is 1.94 bits per heavy atom. The van der Waals surface area contributed by atoms with Gasteiger partial charge in [-0.1, -0.05) is 26.7 Å². The van der Waals surface area contributed by atoms with E-state index in [0.717, 1.165) is 0 Å². The van der Waals surface area contributed by atoms with Crippen LogP contribution < -0.4 is 11.2 Å². The van der Waals surface area contributed by atoms with Crippen LogP contribution in [-0.2, 0) is 23.8 Å². The monoisotopic (exact) mass is 531 g/mol. The number of hydrogen-bond donors (Lipinski definition) is 2. The van der Waals surface area contributed by atoms with E-state index in [1.807, 2.05) is 0 Å². The van der Waals surface area contributed by atoms with E-state index in [1.54, 1.807) is 6.92 Å². The molecule has 2 rings (SSSR count). The fourth-order valence-electron chi connectivity index (χ4n) is 3.23. The second kappa shape index (κ2) is 15.5. The zero-order chi connectivity index (χ0) is 25.6. The third-order valence-electron chi connectivity index (χ3n) is 4.97. The van der Waals surface area contributed by atoms with Crippen molar-refractivity contribution in [2.75, 3.05) is 31.3 Å². The Kier molecular flexibility index (Phi) is 12.8. The number of ether oxygens (including phenoxy) is 3. The van der Waals surface area contributed by atoms with E-state index in [4.69, 9.17) is 24.8 Å². The second-order valence-electron chi connectivity index (χ2n) is 7.59. The fraction of sp³-hybridized carbons (Fsp3) is 0.700. The molecule has 0 amide bonds. The third kappa shape index (κ3) is 9.98. The van der Waals surface area contributed by atoms with Crippen LogP contribution in [0.3, 0.4) is 0 Å². The number of aryl methyl sites for hydroxylation is 1. The second-order valence-corrected chi connectivity index (χ2v) is 10.3. The molecule has 1 aromatic rings. The van der Waals surface area contributed by atoms with Gasteiger partial charge in [0.2, 0.25) is 0 Å². The Balaban J connectivity index is 1.71. The molecule has 194 valence electrons. The van der Waals surface area contributed by atoms with E-state index in [2.05, 4.69) is 15.0 Å². The number of H-pyrrole nitrogens is 1. The summed E-state index contributed by atoms with van der Waals surface area (Å²) in [5.74, 6) is 0.449. The first-order valence-corrected chi connectivity index (χ1v) is 13.5. The number of carbonyl (C=O) groups is 2. The number of azide groups is 1. The summed E-state index contributed by atoms with van der Waals surface area (Å²) < 4.78 is 17.3. The summed E-state index contributed by atoms with van der Waals surface area (Å²) in [4.78, 5) is 52.5. The molecule has 0 aliphatic carbocycles. The summed E-state index contributed by atoms with van der Waals surface area (Å²) in [6.45, 7) is 1.79. The highest BCUT2D eigenvalue weighted by Crippen LogP contribution is 2.30. The molecule has 2 heterocycles. The smallest absolute Gasteiger partial charge is 0.330 e. The average Bonchev–Trinajstić information content (AvgIpc) is 3.22. The number of nitrogens with one attached hydrogen (secondary N) is 1. The molecular formula is C20H29N5O8S2. The number of esters is 2. The molecule has 0 saturated carbocycles. The normalized spacial score (nSPS) is 19.2. The van der Waals surface area contributed by atoms with E-state index in [9.17, 15) is 19.2 Å². The van der Waals surface area contributed by atoms with Crippen molar-refractivity contribution in [1.82, 2.24) is 9.55 Å². The van der Waals surface area contributed by atoms with Gasteiger partial charge in [0.25, 0.3) is 5.56 Å². The molecule has 0 spiro atoms. The summed E-state index contributed by atoms with van der Waals surface area (Å²) in [5, 5.41) is 12.4. The van der Waals surface area contributed by atoms with Crippen molar-refractivity contribution < 1.29 is 28.9 Å². The minimum absolute atomic E-state index is 0.0990. The van der Waals surface area contributed by atoms with Crippen LogP contribution in [0.25, 0.3) is 10.4 Å². The van der Waals surface area contributed by atoms with Crippen molar-refractivity contribution in [3.05, 3.63) is 43.0 Å². The molecule has 0 radical (unpaired) electrons. The van der Waals surface area contributed by atoms with Crippen molar-refractivity contribution >= 4 is 33.5 Å². The maximum absolute atomic E-state index is 12.1. The minimum atomic E-state index is -0.782. The van der Waals surface area contributed by atoms with Crippen LogP contribution in [0.2, 0.25) is 0 Å². The molecule has 1 aliphatic rings. The van der Waals surface area contributed by atoms with E-state index >= 15 is 0 Å². The lowest BCUT2D eigenvalue weighted by Crippen LogP contribution is -2.33. The van der Waals surface area contributed by atoms with Crippen molar-refractivity contribution in [3.8, 4) is 0 Å². The summed E-state index contributed by atoms with van der Waals surface area (Å²) >= 11 is 0. The van der Waals surface area contributed by atoms with Crippen LogP contribution in [0.15, 0.2) is 20.9 Å². The summed E-state index contributed by atoms with van der Waals surface area (Å²) in [7, 11) is 3.03. The Labute approximate surface area is 208 Å². The maximum atomic E-state index is 12.1. The largest absolute Gasteiger partial charge is 0.465 e. The predicted molar refractivity (Wildman–Crippen MR) is 130 cm³/mol. The molecule has 2 N–H and O–H groups in total. The van der Waals surface area contributed by atoms with Crippen molar-refractivity contribution in [2.45, 2.75) is 57.4 Å². The van der Waals surface area contributed by atoms with Gasteiger partial charge in [-0.3, -0.25) is 23.9 Å². The van der Waals surface area contributed by atoms with Gasteiger partial charge >= 0.3 is 17.6 Å². The molecule has 15 heteroatoms. The lowest BCUT2D eigenvalue weighted by molar-refractivity contribution is -0.149. The molecule has 0 bridgehead atoms. The molecule has 1 saturated heterocycles. The van der Waals surface area contributed by atoms with E-state index in [-0.39, 0.29) is 38.4 Å². The van der Waals surface area contributed by atoms with E-state index < -0.39 is 35.6 Å². The molecular weight excluding hydrogens is 502 g/mol. The van der Waals surface area contributed by atoms with Crippen LogP contribution in [0.1, 0.15) is 43.9 Å². The molecule has 1 fully saturated rings. The first kappa shape index (κ1) is 28.8. The van der Waals surface area contributed by atoms with Gasteiger partial charge in [-0.25, -0.2) is 4.79 Å². The highest BCUT2D eigenvalue weighted by atomic mass is 33.1. The van der Waals surface area contributed by atoms with Gasteiger partial charge in [-0.15, -0.1) is 0 Å².